The third kappa shape index (κ3) is 3.04. The Bertz CT molecular complexity index is 451. The Morgan fingerprint density at radius 1 is 1.25 bits per heavy atom. The first-order chi connectivity index (χ1) is 9.77. The first-order valence-corrected chi connectivity index (χ1v) is 7.73. The van der Waals surface area contributed by atoms with Crippen LogP contribution in [0, 0.1) is 5.92 Å². The lowest BCUT2D eigenvalue weighted by atomic mass is 9.82. The standard InChI is InChI=1S/C17H23NO2/c19-16(13-18-15-6-2-1-3-7-15)14-8-11-20-17(12-14)9-4-5-10-17/h1-3,6-7,14,18H,4-5,8-13H2. The molecule has 20 heavy (non-hydrogen) atoms. The number of carbonyl (C=O) groups excluding carboxylic acids is 1. The van der Waals surface area contributed by atoms with Crippen LogP contribution >= 0.6 is 0 Å². The van der Waals surface area contributed by atoms with E-state index in [1.54, 1.807) is 0 Å². The molecule has 1 heterocycles. The summed E-state index contributed by atoms with van der Waals surface area (Å²) in [5.41, 5.74) is 1.05. The molecule has 2 aliphatic rings. The predicted octanol–water partition coefficient (Wildman–Crippen LogP) is 3.41. The predicted molar refractivity (Wildman–Crippen MR) is 79.8 cm³/mol. The molecule has 1 spiro atoms. The SMILES string of the molecule is O=C(CNc1ccccc1)C1CCOC2(CCCC2)C1. The van der Waals surface area contributed by atoms with Crippen LogP contribution in [0.5, 0.6) is 0 Å². The monoisotopic (exact) mass is 273 g/mol. The normalized spacial score (nSPS) is 24.7. The molecule has 1 aromatic carbocycles. The zero-order chi connectivity index (χ0) is 13.8. The molecule has 3 heteroatoms. The van der Waals surface area contributed by atoms with Crippen molar-refractivity contribution >= 4 is 11.5 Å². The number of ketones is 1. The van der Waals surface area contributed by atoms with Gasteiger partial charge in [0.1, 0.15) is 0 Å². The van der Waals surface area contributed by atoms with Crippen molar-refractivity contribution in [2.75, 3.05) is 18.5 Å². The molecule has 0 aromatic heterocycles. The number of ether oxygens (including phenoxy) is 1. The number of hydrogen-bond acceptors (Lipinski definition) is 3. The van der Waals surface area contributed by atoms with E-state index in [0.29, 0.717) is 12.3 Å². The molecule has 1 aliphatic carbocycles. The summed E-state index contributed by atoms with van der Waals surface area (Å²) in [5, 5.41) is 3.23. The van der Waals surface area contributed by atoms with Crippen molar-refractivity contribution in [2.24, 2.45) is 5.92 Å². The largest absolute Gasteiger partial charge is 0.378 e. The molecule has 1 saturated heterocycles. The molecule has 1 unspecified atom stereocenters. The lowest BCUT2D eigenvalue weighted by Crippen LogP contribution is -2.41. The summed E-state index contributed by atoms with van der Waals surface area (Å²) >= 11 is 0. The van der Waals surface area contributed by atoms with Crippen LogP contribution in [-0.2, 0) is 9.53 Å². The molecule has 1 N–H and O–H groups in total. The second-order valence-corrected chi connectivity index (χ2v) is 6.11. The molecule has 1 saturated carbocycles. The Labute approximate surface area is 120 Å². The summed E-state index contributed by atoms with van der Waals surface area (Å²) in [6, 6.07) is 9.93. The van der Waals surface area contributed by atoms with E-state index >= 15 is 0 Å². The smallest absolute Gasteiger partial charge is 0.155 e. The second-order valence-electron chi connectivity index (χ2n) is 6.11. The molecule has 108 valence electrons. The Morgan fingerprint density at radius 2 is 2.00 bits per heavy atom. The Kier molecular flexibility index (Phi) is 4.06. The first kappa shape index (κ1) is 13.6. The Hall–Kier alpha value is -1.35. The topological polar surface area (TPSA) is 38.3 Å². The van der Waals surface area contributed by atoms with Crippen LogP contribution in [-0.4, -0.2) is 24.5 Å². The van der Waals surface area contributed by atoms with Crippen molar-refractivity contribution < 1.29 is 9.53 Å². The molecule has 0 radical (unpaired) electrons. The third-order valence-corrected chi connectivity index (χ3v) is 4.70. The van der Waals surface area contributed by atoms with E-state index < -0.39 is 0 Å². The molecule has 0 amide bonds. The van der Waals surface area contributed by atoms with Gasteiger partial charge in [0, 0.05) is 18.2 Å². The van der Waals surface area contributed by atoms with Crippen LogP contribution in [0.4, 0.5) is 5.69 Å². The summed E-state index contributed by atoms with van der Waals surface area (Å²) in [6.45, 7) is 1.19. The second kappa shape index (κ2) is 5.96. The maximum atomic E-state index is 12.4. The van der Waals surface area contributed by atoms with Gasteiger partial charge in [-0.3, -0.25) is 4.79 Å². The molecule has 1 aromatic rings. The maximum absolute atomic E-state index is 12.4. The van der Waals surface area contributed by atoms with E-state index in [-0.39, 0.29) is 11.5 Å². The van der Waals surface area contributed by atoms with Crippen molar-refractivity contribution in [3.8, 4) is 0 Å². The van der Waals surface area contributed by atoms with Gasteiger partial charge in [0.15, 0.2) is 5.78 Å². The lowest BCUT2D eigenvalue weighted by Gasteiger charge is -2.37. The molecule has 3 nitrogen and oxygen atoms in total. The third-order valence-electron chi connectivity index (χ3n) is 4.70. The fourth-order valence-corrected chi connectivity index (χ4v) is 3.56. The minimum atomic E-state index is 0.0331. The number of rotatable bonds is 4. The Morgan fingerprint density at radius 3 is 2.75 bits per heavy atom. The number of para-hydroxylation sites is 1. The molecular weight excluding hydrogens is 250 g/mol. The van der Waals surface area contributed by atoms with Crippen molar-refractivity contribution in [3.63, 3.8) is 0 Å². The van der Waals surface area contributed by atoms with Crippen molar-refractivity contribution in [1.29, 1.82) is 0 Å². The van der Waals surface area contributed by atoms with Gasteiger partial charge in [0.2, 0.25) is 0 Å². The maximum Gasteiger partial charge on any atom is 0.155 e. The van der Waals surface area contributed by atoms with Crippen LogP contribution in [0.15, 0.2) is 30.3 Å². The summed E-state index contributed by atoms with van der Waals surface area (Å²) in [7, 11) is 0. The molecule has 3 rings (SSSR count). The van der Waals surface area contributed by atoms with Crippen LogP contribution < -0.4 is 5.32 Å². The highest BCUT2D eigenvalue weighted by molar-refractivity contribution is 5.85. The average molecular weight is 273 g/mol. The van der Waals surface area contributed by atoms with Gasteiger partial charge in [-0.15, -0.1) is 0 Å². The van der Waals surface area contributed by atoms with Gasteiger partial charge in [-0.1, -0.05) is 31.0 Å². The first-order valence-electron chi connectivity index (χ1n) is 7.73. The summed E-state index contributed by atoms with van der Waals surface area (Å²) < 4.78 is 6.00. The zero-order valence-corrected chi connectivity index (χ0v) is 11.9. The molecule has 2 fully saturated rings. The minimum Gasteiger partial charge on any atom is -0.378 e. The van der Waals surface area contributed by atoms with Gasteiger partial charge in [0.25, 0.3) is 0 Å². The highest BCUT2D eigenvalue weighted by Gasteiger charge is 2.41. The number of carbonyl (C=O) groups is 1. The van der Waals surface area contributed by atoms with E-state index in [1.807, 2.05) is 30.3 Å². The number of benzene rings is 1. The van der Waals surface area contributed by atoms with E-state index in [9.17, 15) is 4.79 Å². The van der Waals surface area contributed by atoms with Crippen molar-refractivity contribution in [2.45, 2.75) is 44.1 Å². The summed E-state index contributed by atoms with van der Waals surface area (Å²) in [6.07, 6.45) is 6.61. The van der Waals surface area contributed by atoms with E-state index in [0.717, 1.165) is 38.0 Å². The molecular formula is C17H23NO2. The Balaban J connectivity index is 1.54. The van der Waals surface area contributed by atoms with Gasteiger partial charge in [-0.2, -0.15) is 0 Å². The highest BCUT2D eigenvalue weighted by atomic mass is 16.5. The molecule has 0 bridgehead atoms. The van der Waals surface area contributed by atoms with E-state index in [4.69, 9.17) is 4.74 Å². The average Bonchev–Trinajstić information content (AvgIpc) is 2.93. The number of hydrogen-bond donors (Lipinski definition) is 1. The van der Waals surface area contributed by atoms with Crippen molar-refractivity contribution in [1.82, 2.24) is 0 Å². The number of anilines is 1. The van der Waals surface area contributed by atoms with Crippen LogP contribution in [0.1, 0.15) is 38.5 Å². The molecule has 1 atom stereocenters. The van der Waals surface area contributed by atoms with Crippen LogP contribution in [0.2, 0.25) is 0 Å². The fraction of sp³-hybridized carbons (Fsp3) is 0.588. The quantitative estimate of drug-likeness (QED) is 0.913. The molecule has 1 aliphatic heterocycles. The number of Topliss-reactive ketones (excluding diaryl/α,β-unsaturated/α-hetero) is 1. The van der Waals surface area contributed by atoms with Crippen molar-refractivity contribution in [3.05, 3.63) is 30.3 Å². The van der Waals surface area contributed by atoms with Gasteiger partial charge >= 0.3 is 0 Å². The van der Waals surface area contributed by atoms with E-state index in [1.165, 1.54) is 12.8 Å². The summed E-state index contributed by atoms with van der Waals surface area (Å²) in [5.74, 6) is 0.515. The van der Waals surface area contributed by atoms with Crippen LogP contribution in [0.25, 0.3) is 0 Å². The number of nitrogens with one attached hydrogen (secondary N) is 1. The van der Waals surface area contributed by atoms with Gasteiger partial charge < -0.3 is 10.1 Å². The fourth-order valence-electron chi connectivity index (χ4n) is 3.56. The van der Waals surface area contributed by atoms with Gasteiger partial charge in [-0.25, -0.2) is 0 Å². The summed E-state index contributed by atoms with van der Waals surface area (Å²) in [4.78, 5) is 12.4. The van der Waals surface area contributed by atoms with Gasteiger partial charge in [0.05, 0.1) is 12.1 Å². The van der Waals surface area contributed by atoms with E-state index in [2.05, 4.69) is 5.32 Å². The minimum absolute atomic E-state index is 0.0331. The zero-order valence-electron chi connectivity index (χ0n) is 11.9. The highest BCUT2D eigenvalue weighted by Crippen LogP contribution is 2.42. The van der Waals surface area contributed by atoms with Crippen LogP contribution in [0.3, 0.4) is 0 Å². The lowest BCUT2D eigenvalue weighted by molar-refractivity contribution is -0.134. The van der Waals surface area contributed by atoms with Gasteiger partial charge in [-0.05, 0) is 37.8 Å².